The van der Waals surface area contributed by atoms with Crippen molar-refractivity contribution in [2.45, 2.75) is 51.1 Å². The van der Waals surface area contributed by atoms with Crippen molar-refractivity contribution >= 4 is 34.2 Å². The summed E-state index contributed by atoms with van der Waals surface area (Å²) >= 11 is 1.56. The van der Waals surface area contributed by atoms with E-state index < -0.39 is 41.8 Å². The van der Waals surface area contributed by atoms with Crippen molar-refractivity contribution in [1.82, 2.24) is 15.7 Å². The highest BCUT2D eigenvalue weighted by Gasteiger charge is 2.22. The first-order chi connectivity index (χ1) is 20.1. The van der Waals surface area contributed by atoms with Crippen molar-refractivity contribution < 1.29 is 54.3 Å². The van der Waals surface area contributed by atoms with Crippen molar-refractivity contribution in [3.63, 3.8) is 0 Å². The number of benzene rings is 2. The zero-order valence-corrected chi connectivity index (χ0v) is 24.0. The molecule has 15 heteroatoms. The number of amides is 1. The van der Waals surface area contributed by atoms with Gasteiger partial charge in [-0.25, -0.2) is 14.5 Å². The molecule has 3 rings (SSSR count). The molecule has 0 fully saturated rings. The third kappa shape index (κ3) is 11.1. The Labute approximate surface area is 246 Å². The van der Waals surface area contributed by atoms with Gasteiger partial charge in [-0.05, 0) is 35.7 Å². The van der Waals surface area contributed by atoms with E-state index in [1.54, 1.807) is 18.4 Å². The molecule has 0 spiro atoms. The van der Waals surface area contributed by atoms with Gasteiger partial charge < -0.3 is 19.1 Å². The van der Waals surface area contributed by atoms with Gasteiger partial charge in [0.2, 0.25) is 6.29 Å². The van der Waals surface area contributed by atoms with Crippen molar-refractivity contribution in [1.29, 1.82) is 0 Å². The second-order valence-electron chi connectivity index (χ2n) is 9.17. The summed E-state index contributed by atoms with van der Waals surface area (Å²) in [5.74, 6) is 0.0751. The predicted octanol–water partition coefficient (Wildman–Crippen LogP) is 4.93. The van der Waals surface area contributed by atoms with Crippen LogP contribution in [0.25, 0.3) is 10.8 Å². The first-order valence-electron chi connectivity index (χ1n) is 13.1. The van der Waals surface area contributed by atoms with Gasteiger partial charge in [0, 0.05) is 43.6 Å². The minimum absolute atomic E-state index is 0.0592. The van der Waals surface area contributed by atoms with Crippen molar-refractivity contribution in [2.24, 2.45) is 0 Å². The second kappa shape index (κ2) is 16.9. The minimum Gasteiger partial charge on any atom is -0.484 e. The molecular weight excluding hydrogens is 574 g/mol. The molecule has 0 saturated carbocycles. The average molecular weight is 610 g/mol. The standard InChI is InChI=1S/C27H35N3O11S/c1-19(38-26(31)14-6-10-21(41-30(35)36)18-37-29(33)34)39-27(32)28(2)16-15-24(25-13-7-17-42-25)40-23-12-5-9-20-8-3-4-11-22(20)23/h3-5,7-9,11-13,17,19,21,24,33-36H,6,10,14-16,18H2,1-2H3/t19?,21-,24+/m1/s1. The summed E-state index contributed by atoms with van der Waals surface area (Å²) in [7, 11) is 1.58. The maximum absolute atomic E-state index is 12.6. The summed E-state index contributed by atoms with van der Waals surface area (Å²) in [5, 5.41) is 37.7. The molecule has 0 saturated heterocycles. The molecule has 3 aromatic rings. The fourth-order valence-corrected chi connectivity index (χ4v) is 4.80. The van der Waals surface area contributed by atoms with Gasteiger partial charge in [0.05, 0.1) is 10.8 Å². The fraction of sp³-hybridized carbons (Fsp3) is 0.407. The summed E-state index contributed by atoms with van der Waals surface area (Å²) in [6.07, 6.45) is -2.60. The van der Waals surface area contributed by atoms with Crippen LogP contribution < -0.4 is 4.74 Å². The Morgan fingerprint density at radius 3 is 2.40 bits per heavy atom. The highest BCUT2D eigenvalue weighted by molar-refractivity contribution is 7.10. The summed E-state index contributed by atoms with van der Waals surface area (Å²) in [6, 6.07) is 17.8. The van der Waals surface area contributed by atoms with Crippen LogP contribution >= 0.6 is 11.3 Å². The van der Waals surface area contributed by atoms with Crippen LogP contribution in [0.15, 0.2) is 60.0 Å². The monoisotopic (exact) mass is 609 g/mol. The van der Waals surface area contributed by atoms with Crippen LogP contribution in [0.1, 0.15) is 43.6 Å². The molecule has 14 nitrogen and oxygen atoms in total. The van der Waals surface area contributed by atoms with E-state index in [1.165, 1.54) is 11.8 Å². The van der Waals surface area contributed by atoms with Crippen LogP contribution in [-0.2, 0) is 23.9 Å². The third-order valence-corrected chi connectivity index (χ3v) is 6.97. The van der Waals surface area contributed by atoms with Crippen molar-refractivity contribution in [3.05, 3.63) is 64.9 Å². The summed E-state index contributed by atoms with van der Waals surface area (Å²) in [4.78, 5) is 36.2. The van der Waals surface area contributed by atoms with Gasteiger partial charge in [-0.2, -0.15) is 0 Å². The largest absolute Gasteiger partial charge is 0.484 e. The van der Waals surface area contributed by atoms with E-state index in [0.717, 1.165) is 21.4 Å². The molecule has 0 aliphatic rings. The zero-order chi connectivity index (χ0) is 30.5. The van der Waals surface area contributed by atoms with Crippen LogP contribution in [0.5, 0.6) is 5.75 Å². The van der Waals surface area contributed by atoms with E-state index in [9.17, 15) is 9.59 Å². The number of hydrogen-bond acceptors (Lipinski definition) is 14. The lowest BCUT2D eigenvalue weighted by molar-refractivity contribution is -0.527. The first kappa shape index (κ1) is 33.1. The smallest absolute Gasteiger partial charge is 0.412 e. The first-order valence-corrected chi connectivity index (χ1v) is 13.9. The third-order valence-electron chi connectivity index (χ3n) is 6.01. The zero-order valence-electron chi connectivity index (χ0n) is 23.1. The molecule has 0 aliphatic heterocycles. The van der Waals surface area contributed by atoms with E-state index in [-0.39, 0.29) is 25.4 Å². The molecule has 0 radical (unpaired) electrons. The van der Waals surface area contributed by atoms with E-state index in [1.807, 2.05) is 60.0 Å². The number of thiophene rings is 1. The van der Waals surface area contributed by atoms with Gasteiger partial charge >= 0.3 is 12.1 Å². The summed E-state index contributed by atoms with van der Waals surface area (Å²) in [5.41, 5.74) is 0. The molecule has 1 unspecified atom stereocenters. The average Bonchev–Trinajstić information content (AvgIpc) is 3.48. The number of carbonyl (C=O) groups is 2. The number of esters is 1. The van der Waals surface area contributed by atoms with Crippen molar-refractivity contribution in [3.8, 4) is 5.75 Å². The van der Waals surface area contributed by atoms with Crippen molar-refractivity contribution in [2.75, 3.05) is 20.2 Å². The van der Waals surface area contributed by atoms with Gasteiger partial charge in [0.1, 0.15) is 24.6 Å². The molecule has 0 aliphatic carbocycles. The Hall–Kier alpha value is -3.38. The van der Waals surface area contributed by atoms with Gasteiger partial charge in [-0.1, -0.05) is 42.5 Å². The maximum Gasteiger partial charge on any atom is 0.412 e. The molecule has 4 N–H and O–H groups in total. The second-order valence-corrected chi connectivity index (χ2v) is 10.2. The quantitative estimate of drug-likeness (QED) is 0.0923. The lowest BCUT2D eigenvalue weighted by atomic mass is 10.1. The lowest BCUT2D eigenvalue weighted by Gasteiger charge is -2.24. The number of hydrogen-bond donors (Lipinski definition) is 4. The molecule has 0 bridgehead atoms. The number of ether oxygens (including phenoxy) is 3. The molecule has 1 aromatic heterocycles. The van der Waals surface area contributed by atoms with E-state index in [0.29, 0.717) is 13.0 Å². The summed E-state index contributed by atoms with van der Waals surface area (Å²) in [6.45, 7) is 1.26. The Bertz CT molecular complexity index is 1240. The number of rotatable bonds is 17. The Morgan fingerprint density at radius 2 is 1.69 bits per heavy atom. The van der Waals surface area contributed by atoms with Crippen LogP contribution in [0.3, 0.4) is 0 Å². The molecule has 3 atom stereocenters. The summed E-state index contributed by atoms with van der Waals surface area (Å²) < 4.78 is 16.8. The molecule has 1 amide bonds. The normalized spacial score (nSPS) is 13.6. The van der Waals surface area contributed by atoms with E-state index in [2.05, 4.69) is 9.68 Å². The van der Waals surface area contributed by atoms with Crippen LogP contribution in [0.2, 0.25) is 0 Å². The Morgan fingerprint density at radius 1 is 0.929 bits per heavy atom. The van der Waals surface area contributed by atoms with Gasteiger partial charge in [-0.15, -0.1) is 11.3 Å². The van der Waals surface area contributed by atoms with Crippen LogP contribution in [0.4, 0.5) is 4.79 Å². The number of fused-ring (bicyclic) bond motifs is 1. The SMILES string of the molecule is CC(OC(=O)CCC[C@H](CON(O)O)ON(O)O)OC(=O)N(C)CC[C@H](Oc1cccc2ccccc12)c1cccs1. The predicted molar refractivity (Wildman–Crippen MR) is 146 cm³/mol. The van der Waals surface area contributed by atoms with E-state index in [4.69, 9.17) is 35.0 Å². The maximum atomic E-state index is 12.6. The molecular formula is C27H35N3O11S. The highest BCUT2D eigenvalue weighted by atomic mass is 32.1. The molecule has 42 heavy (non-hydrogen) atoms. The highest BCUT2D eigenvalue weighted by Crippen LogP contribution is 2.33. The Kier molecular flexibility index (Phi) is 13.3. The molecule has 230 valence electrons. The van der Waals surface area contributed by atoms with Gasteiger partial charge in [0.25, 0.3) is 0 Å². The van der Waals surface area contributed by atoms with E-state index >= 15 is 0 Å². The van der Waals surface area contributed by atoms with Crippen LogP contribution in [-0.4, -0.2) is 81.2 Å². The fourth-order valence-electron chi connectivity index (χ4n) is 4.01. The minimum atomic E-state index is -1.16. The van der Waals surface area contributed by atoms with Crippen LogP contribution in [0, 0.1) is 0 Å². The lowest BCUT2D eigenvalue weighted by Crippen LogP contribution is -2.33. The van der Waals surface area contributed by atoms with Gasteiger partial charge in [-0.3, -0.25) is 25.6 Å². The molecule has 1 heterocycles. The number of carbonyl (C=O) groups excluding carboxylic acids is 2. The number of nitrogens with zero attached hydrogens (tertiary/aromatic N) is 3. The Balaban J connectivity index is 1.46. The topological polar surface area (TPSA) is 171 Å². The van der Waals surface area contributed by atoms with Gasteiger partial charge in [0.15, 0.2) is 0 Å². The molecule has 2 aromatic carbocycles.